The van der Waals surface area contributed by atoms with Crippen molar-refractivity contribution in [1.82, 2.24) is 20.3 Å². The van der Waals surface area contributed by atoms with Crippen LogP contribution >= 0.6 is 0 Å². The fourth-order valence-electron chi connectivity index (χ4n) is 3.91. The number of nitrogens with one attached hydrogen (secondary N) is 1. The van der Waals surface area contributed by atoms with Gasteiger partial charge >= 0.3 is 0 Å². The Bertz CT molecular complexity index is 1290. The fraction of sp³-hybridized carbons (Fsp3) is 0.231. The summed E-state index contributed by atoms with van der Waals surface area (Å²) in [5.74, 6) is -0.216. The van der Waals surface area contributed by atoms with Crippen LogP contribution in [0.1, 0.15) is 11.6 Å². The molecule has 0 saturated carbocycles. The standard InChI is InChI=1S/C26H27N5O4/c1-34-17-16-27-26(33)25(19-10-4-3-5-11-19)31(22-14-8-9-15-23(22)35-2)24(32)18-30-21-13-7-6-12-20(21)28-29-30/h3-15,25H,16-18H2,1-2H3,(H,27,33)/t25-/m0/s1. The third-order valence-electron chi connectivity index (χ3n) is 5.55. The number of aromatic nitrogens is 3. The van der Waals surface area contributed by atoms with Gasteiger partial charge in [0, 0.05) is 13.7 Å². The number of ether oxygens (including phenoxy) is 2. The Morgan fingerprint density at radius 1 is 0.971 bits per heavy atom. The number of hydrogen-bond donors (Lipinski definition) is 1. The molecular weight excluding hydrogens is 446 g/mol. The highest BCUT2D eigenvalue weighted by Gasteiger charge is 2.34. The van der Waals surface area contributed by atoms with E-state index in [1.165, 1.54) is 16.7 Å². The summed E-state index contributed by atoms with van der Waals surface area (Å²) in [4.78, 5) is 28.9. The van der Waals surface area contributed by atoms with Gasteiger partial charge in [0.1, 0.15) is 23.9 Å². The summed E-state index contributed by atoms with van der Waals surface area (Å²) in [6.07, 6.45) is 0. The quantitative estimate of drug-likeness (QED) is 0.356. The van der Waals surface area contributed by atoms with E-state index in [0.29, 0.717) is 35.7 Å². The van der Waals surface area contributed by atoms with Crippen molar-refractivity contribution in [3.8, 4) is 5.75 Å². The topological polar surface area (TPSA) is 98.6 Å². The molecule has 0 spiro atoms. The molecule has 1 N–H and O–H groups in total. The molecule has 0 radical (unpaired) electrons. The van der Waals surface area contributed by atoms with Crippen molar-refractivity contribution < 1.29 is 19.1 Å². The van der Waals surface area contributed by atoms with Gasteiger partial charge in [-0.3, -0.25) is 14.5 Å². The number of benzene rings is 3. The van der Waals surface area contributed by atoms with Gasteiger partial charge in [-0.15, -0.1) is 5.10 Å². The van der Waals surface area contributed by atoms with Crippen LogP contribution < -0.4 is 15.0 Å². The van der Waals surface area contributed by atoms with Crippen LogP contribution in [0, 0.1) is 0 Å². The first-order valence-corrected chi connectivity index (χ1v) is 11.2. The molecule has 2 amide bonds. The summed E-state index contributed by atoms with van der Waals surface area (Å²) in [6.45, 7) is 0.536. The van der Waals surface area contributed by atoms with Gasteiger partial charge in [-0.1, -0.05) is 59.8 Å². The summed E-state index contributed by atoms with van der Waals surface area (Å²) < 4.78 is 12.2. The van der Waals surface area contributed by atoms with Crippen LogP contribution in [0.3, 0.4) is 0 Å². The molecule has 180 valence electrons. The average molecular weight is 474 g/mol. The van der Waals surface area contributed by atoms with Gasteiger partial charge < -0.3 is 14.8 Å². The van der Waals surface area contributed by atoms with Crippen molar-refractivity contribution in [2.24, 2.45) is 0 Å². The minimum atomic E-state index is -0.952. The van der Waals surface area contributed by atoms with Crippen molar-refractivity contribution >= 4 is 28.5 Å². The number of para-hydroxylation sites is 3. The number of carbonyl (C=O) groups is 2. The van der Waals surface area contributed by atoms with E-state index in [0.717, 1.165) is 5.52 Å². The Morgan fingerprint density at radius 3 is 2.46 bits per heavy atom. The van der Waals surface area contributed by atoms with E-state index in [1.54, 1.807) is 25.3 Å². The van der Waals surface area contributed by atoms with Gasteiger partial charge in [0.2, 0.25) is 11.8 Å². The lowest BCUT2D eigenvalue weighted by atomic mass is 10.0. The van der Waals surface area contributed by atoms with Crippen LogP contribution in [0.25, 0.3) is 11.0 Å². The molecule has 0 aliphatic rings. The van der Waals surface area contributed by atoms with Gasteiger partial charge in [-0.2, -0.15) is 0 Å². The molecular formula is C26H27N5O4. The number of carbonyl (C=O) groups excluding carboxylic acids is 2. The number of fused-ring (bicyclic) bond motifs is 1. The minimum absolute atomic E-state index is 0.118. The lowest BCUT2D eigenvalue weighted by molar-refractivity contribution is -0.127. The van der Waals surface area contributed by atoms with E-state index in [9.17, 15) is 9.59 Å². The molecule has 0 saturated heterocycles. The zero-order chi connectivity index (χ0) is 24.6. The summed E-state index contributed by atoms with van der Waals surface area (Å²) in [6, 6.07) is 22.7. The number of methoxy groups -OCH3 is 2. The third-order valence-corrected chi connectivity index (χ3v) is 5.55. The van der Waals surface area contributed by atoms with Crippen LogP contribution in [0.2, 0.25) is 0 Å². The fourth-order valence-corrected chi connectivity index (χ4v) is 3.91. The number of amides is 2. The highest BCUT2D eigenvalue weighted by atomic mass is 16.5. The van der Waals surface area contributed by atoms with Crippen molar-refractivity contribution in [2.45, 2.75) is 12.6 Å². The second kappa shape index (κ2) is 11.3. The third kappa shape index (κ3) is 5.30. The first kappa shape index (κ1) is 23.9. The van der Waals surface area contributed by atoms with E-state index in [-0.39, 0.29) is 18.4 Å². The Kier molecular flexibility index (Phi) is 7.69. The molecule has 1 atom stereocenters. The molecule has 35 heavy (non-hydrogen) atoms. The van der Waals surface area contributed by atoms with Gasteiger partial charge in [-0.25, -0.2) is 4.68 Å². The molecule has 9 heteroatoms. The Morgan fingerprint density at radius 2 is 1.69 bits per heavy atom. The molecule has 0 aliphatic heterocycles. The average Bonchev–Trinajstić information content (AvgIpc) is 3.30. The van der Waals surface area contributed by atoms with Gasteiger partial charge in [-0.05, 0) is 29.8 Å². The summed E-state index contributed by atoms with van der Waals surface area (Å²) in [5, 5.41) is 11.2. The Balaban J connectivity index is 1.79. The van der Waals surface area contributed by atoms with Crippen LogP contribution in [0.15, 0.2) is 78.9 Å². The molecule has 0 bridgehead atoms. The molecule has 9 nitrogen and oxygen atoms in total. The van der Waals surface area contributed by atoms with E-state index in [4.69, 9.17) is 9.47 Å². The van der Waals surface area contributed by atoms with Crippen LogP contribution in [0.5, 0.6) is 5.75 Å². The van der Waals surface area contributed by atoms with Crippen LogP contribution in [0.4, 0.5) is 5.69 Å². The number of hydrogen-bond acceptors (Lipinski definition) is 6. The molecule has 0 aliphatic carbocycles. The Hall–Kier alpha value is -4.24. The smallest absolute Gasteiger partial charge is 0.249 e. The molecule has 1 aromatic heterocycles. The second-order valence-electron chi connectivity index (χ2n) is 7.77. The maximum absolute atomic E-state index is 13.9. The normalized spacial score (nSPS) is 11.7. The van der Waals surface area contributed by atoms with Crippen molar-refractivity contribution in [2.75, 3.05) is 32.3 Å². The van der Waals surface area contributed by atoms with Gasteiger partial charge in [0.05, 0.1) is 24.9 Å². The lowest BCUT2D eigenvalue weighted by Crippen LogP contribution is -2.46. The van der Waals surface area contributed by atoms with E-state index in [2.05, 4.69) is 15.6 Å². The van der Waals surface area contributed by atoms with Crippen molar-refractivity contribution in [1.29, 1.82) is 0 Å². The summed E-state index contributed by atoms with van der Waals surface area (Å²) in [5.41, 5.74) is 2.54. The van der Waals surface area contributed by atoms with E-state index in [1.807, 2.05) is 60.7 Å². The van der Waals surface area contributed by atoms with Gasteiger partial charge in [0.25, 0.3) is 0 Å². The highest BCUT2D eigenvalue weighted by molar-refractivity contribution is 6.02. The van der Waals surface area contributed by atoms with Gasteiger partial charge in [0.15, 0.2) is 0 Å². The highest BCUT2D eigenvalue weighted by Crippen LogP contribution is 2.35. The summed E-state index contributed by atoms with van der Waals surface area (Å²) in [7, 11) is 3.09. The predicted octanol–water partition coefficient (Wildman–Crippen LogP) is 2.98. The maximum atomic E-state index is 13.9. The predicted molar refractivity (Wildman–Crippen MR) is 132 cm³/mol. The molecule has 3 aromatic carbocycles. The lowest BCUT2D eigenvalue weighted by Gasteiger charge is -2.32. The monoisotopic (exact) mass is 473 g/mol. The first-order chi connectivity index (χ1) is 17.1. The van der Waals surface area contributed by atoms with E-state index >= 15 is 0 Å². The first-order valence-electron chi connectivity index (χ1n) is 11.2. The van der Waals surface area contributed by atoms with Crippen molar-refractivity contribution in [3.63, 3.8) is 0 Å². The van der Waals surface area contributed by atoms with E-state index < -0.39 is 6.04 Å². The number of anilines is 1. The number of rotatable bonds is 10. The SMILES string of the molecule is COCCNC(=O)[C@H](c1ccccc1)N(C(=O)Cn1nnc2ccccc21)c1ccccc1OC. The zero-order valence-corrected chi connectivity index (χ0v) is 19.6. The second-order valence-corrected chi connectivity index (χ2v) is 7.77. The molecule has 4 rings (SSSR count). The largest absolute Gasteiger partial charge is 0.495 e. The molecule has 0 fully saturated rings. The van der Waals surface area contributed by atoms with Crippen LogP contribution in [-0.4, -0.2) is 54.2 Å². The minimum Gasteiger partial charge on any atom is -0.495 e. The van der Waals surface area contributed by atoms with Crippen LogP contribution in [-0.2, 0) is 20.9 Å². The zero-order valence-electron chi connectivity index (χ0n) is 19.6. The molecule has 4 aromatic rings. The molecule has 0 unspecified atom stereocenters. The maximum Gasteiger partial charge on any atom is 0.249 e. The summed E-state index contributed by atoms with van der Waals surface area (Å²) >= 11 is 0. The van der Waals surface area contributed by atoms with Crippen molar-refractivity contribution in [3.05, 3.63) is 84.4 Å². The Labute approximate surface area is 203 Å². The molecule has 1 heterocycles. The number of nitrogens with zero attached hydrogens (tertiary/aromatic N) is 4.